The fourth-order valence-corrected chi connectivity index (χ4v) is 4.91. The molecule has 0 aliphatic carbocycles. The highest BCUT2D eigenvalue weighted by atomic mass is 16.5. The van der Waals surface area contributed by atoms with Crippen LogP contribution in [0.5, 0.6) is 11.5 Å². The molecule has 244 valence electrons. The molecule has 0 saturated heterocycles. The fourth-order valence-electron chi connectivity index (χ4n) is 4.91. The number of carbonyl (C=O) groups excluding carboxylic acids is 4. The lowest BCUT2D eigenvalue weighted by atomic mass is 10.0. The van der Waals surface area contributed by atoms with E-state index in [2.05, 4.69) is 17.6 Å². The minimum Gasteiger partial charge on any atom is -0.494 e. The molecule has 4 aromatic carbocycles. The van der Waals surface area contributed by atoms with Gasteiger partial charge in [0.1, 0.15) is 11.5 Å². The molecule has 0 aromatic heterocycles. The molecule has 0 fully saturated rings. The Morgan fingerprint density at radius 2 is 1.32 bits per heavy atom. The highest BCUT2D eigenvalue weighted by Crippen LogP contribution is 2.19. The molecule has 0 radical (unpaired) electrons. The van der Waals surface area contributed by atoms with Crippen molar-refractivity contribution >= 4 is 29.3 Å². The van der Waals surface area contributed by atoms with Crippen molar-refractivity contribution in [3.05, 3.63) is 125 Å². The fraction of sp³-hybridized carbons (Fsp3) is 0.282. The van der Waals surface area contributed by atoms with Crippen LogP contribution in [0, 0.1) is 0 Å². The standard InChI is InChI=1S/C39H42N2O6/c1-3-4-5-6-10-25-46-34-23-17-32(18-24-34)39(45)47-35-21-13-30(14-22-35)26-36(28(2)42)41-38(44)31-15-19-33(20-16-31)40-37(43)27-29-11-8-7-9-12-29/h7-9,11-24,36H,3-6,10,25-27H2,1-2H3,(H,40,43)(H,41,44)/t36-/m0/s1. The molecular weight excluding hydrogens is 592 g/mol. The average molecular weight is 635 g/mol. The van der Waals surface area contributed by atoms with Gasteiger partial charge in [0.05, 0.1) is 24.6 Å². The van der Waals surface area contributed by atoms with Crippen molar-refractivity contribution in [3.8, 4) is 11.5 Å². The second-order valence-corrected chi connectivity index (χ2v) is 11.4. The number of anilines is 1. The Bertz CT molecular complexity index is 1600. The topological polar surface area (TPSA) is 111 Å². The molecule has 0 aliphatic rings. The number of Topliss-reactive ketones (excluding diaryl/α,β-unsaturated/α-hetero) is 1. The highest BCUT2D eigenvalue weighted by Gasteiger charge is 2.19. The highest BCUT2D eigenvalue weighted by molar-refractivity contribution is 5.98. The van der Waals surface area contributed by atoms with E-state index in [0.29, 0.717) is 34.9 Å². The number of ketones is 1. The molecule has 8 nitrogen and oxygen atoms in total. The second kappa shape index (κ2) is 18.0. The van der Waals surface area contributed by atoms with Crippen LogP contribution in [0.2, 0.25) is 0 Å². The molecule has 2 N–H and O–H groups in total. The molecule has 47 heavy (non-hydrogen) atoms. The molecular formula is C39H42N2O6. The summed E-state index contributed by atoms with van der Waals surface area (Å²) in [4.78, 5) is 50.4. The Morgan fingerprint density at radius 1 is 0.681 bits per heavy atom. The quantitative estimate of drug-likeness (QED) is 0.0713. The Morgan fingerprint density at radius 3 is 1.98 bits per heavy atom. The van der Waals surface area contributed by atoms with Crippen molar-refractivity contribution in [1.82, 2.24) is 5.32 Å². The third-order valence-corrected chi connectivity index (χ3v) is 7.61. The van der Waals surface area contributed by atoms with Gasteiger partial charge < -0.3 is 20.1 Å². The van der Waals surface area contributed by atoms with E-state index in [1.807, 2.05) is 30.3 Å². The molecule has 0 aliphatic heterocycles. The Kier molecular flexibility index (Phi) is 13.3. The van der Waals surface area contributed by atoms with E-state index in [4.69, 9.17) is 9.47 Å². The first-order valence-electron chi connectivity index (χ1n) is 16.1. The summed E-state index contributed by atoms with van der Waals surface area (Å²) in [5, 5.41) is 5.63. The SMILES string of the molecule is CCCCCCCOc1ccc(C(=O)Oc2ccc(C[C@H](NC(=O)c3ccc(NC(=O)Cc4ccccc4)cc3)C(C)=O)cc2)cc1. The van der Waals surface area contributed by atoms with Crippen LogP contribution in [0.15, 0.2) is 103 Å². The first kappa shape index (κ1) is 34.6. The van der Waals surface area contributed by atoms with Gasteiger partial charge in [-0.3, -0.25) is 14.4 Å². The maximum absolute atomic E-state index is 12.9. The summed E-state index contributed by atoms with van der Waals surface area (Å²) >= 11 is 0. The van der Waals surface area contributed by atoms with Crippen LogP contribution >= 0.6 is 0 Å². The van der Waals surface area contributed by atoms with E-state index >= 15 is 0 Å². The monoisotopic (exact) mass is 634 g/mol. The van der Waals surface area contributed by atoms with Crippen LogP contribution in [0.3, 0.4) is 0 Å². The number of rotatable bonds is 17. The van der Waals surface area contributed by atoms with Crippen LogP contribution < -0.4 is 20.1 Å². The number of hydrogen-bond acceptors (Lipinski definition) is 6. The van der Waals surface area contributed by atoms with Gasteiger partial charge in [0.2, 0.25) is 5.91 Å². The largest absolute Gasteiger partial charge is 0.494 e. The molecule has 0 spiro atoms. The van der Waals surface area contributed by atoms with Crippen LogP contribution in [0.1, 0.15) is 77.8 Å². The van der Waals surface area contributed by atoms with E-state index in [9.17, 15) is 19.2 Å². The van der Waals surface area contributed by atoms with Gasteiger partial charge in [0, 0.05) is 11.3 Å². The average Bonchev–Trinajstić information content (AvgIpc) is 3.07. The van der Waals surface area contributed by atoms with Gasteiger partial charge >= 0.3 is 5.97 Å². The molecule has 0 heterocycles. The minimum atomic E-state index is -0.752. The molecule has 0 bridgehead atoms. The van der Waals surface area contributed by atoms with Crippen molar-refractivity contribution < 1.29 is 28.7 Å². The number of hydrogen-bond donors (Lipinski definition) is 2. The van der Waals surface area contributed by atoms with Gasteiger partial charge in [-0.15, -0.1) is 0 Å². The van der Waals surface area contributed by atoms with Crippen LogP contribution in [-0.4, -0.2) is 36.2 Å². The predicted octanol–water partition coefficient (Wildman–Crippen LogP) is 7.37. The number of unbranched alkanes of at least 4 members (excludes halogenated alkanes) is 4. The van der Waals surface area contributed by atoms with E-state index < -0.39 is 17.9 Å². The lowest BCUT2D eigenvalue weighted by molar-refractivity contribution is -0.119. The third-order valence-electron chi connectivity index (χ3n) is 7.61. The lowest BCUT2D eigenvalue weighted by Gasteiger charge is -2.17. The Balaban J connectivity index is 1.24. The van der Waals surface area contributed by atoms with Gasteiger partial charge in [0.25, 0.3) is 5.91 Å². The summed E-state index contributed by atoms with van der Waals surface area (Å²) < 4.78 is 11.3. The first-order chi connectivity index (χ1) is 22.8. The first-order valence-corrected chi connectivity index (χ1v) is 16.1. The van der Waals surface area contributed by atoms with Crippen molar-refractivity contribution in [3.63, 3.8) is 0 Å². The zero-order valence-electron chi connectivity index (χ0n) is 27.0. The molecule has 4 aromatic rings. The zero-order chi connectivity index (χ0) is 33.4. The number of ether oxygens (including phenoxy) is 2. The Labute approximate surface area is 276 Å². The van der Waals surface area contributed by atoms with Crippen LogP contribution in [0.25, 0.3) is 0 Å². The third kappa shape index (κ3) is 11.6. The number of amides is 2. The molecule has 0 saturated carbocycles. The van der Waals surface area contributed by atoms with Crippen LogP contribution in [-0.2, 0) is 22.4 Å². The number of esters is 1. The molecule has 4 rings (SSSR count). The number of nitrogens with one attached hydrogen (secondary N) is 2. The Hall–Kier alpha value is -5.24. The van der Waals surface area contributed by atoms with Gasteiger partial charge in [0.15, 0.2) is 5.78 Å². The number of benzene rings is 4. The summed E-state index contributed by atoms with van der Waals surface area (Å²) in [6.07, 6.45) is 6.34. The minimum absolute atomic E-state index is 0.159. The summed E-state index contributed by atoms with van der Waals surface area (Å²) in [6, 6.07) is 28.9. The normalized spacial score (nSPS) is 11.3. The summed E-state index contributed by atoms with van der Waals surface area (Å²) in [5.74, 6) is -0.156. The second-order valence-electron chi connectivity index (χ2n) is 11.4. The van der Waals surface area contributed by atoms with E-state index in [0.717, 1.165) is 24.0 Å². The lowest BCUT2D eigenvalue weighted by Crippen LogP contribution is -2.41. The predicted molar refractivity (Wildman–Crippen MR) is 183 cm³/mol. The molecule has 0 unspecified atom stereocenters. The van der Waals surface area contributed by atoms with Crippen molar-refractivity contribution in [2.45, 2.75) is 64.8 Å². The van der Waals surface area contributed by atoms with E-state index in [-0.39, 0.29) is 24.5 Å². The molecule has 2 amide bonds. The maximum Gasteiger partial charge on any atom is 0.343 e. The summed E-state index contributed by atoms with van der Waals surface area (Å²) in [6.45, 7) is 4.27. The zero-order valence-corrected chi connectivity index (χ0v) is 27.0. The van der Waals surface area contributed by atoms with E-state index in [1.165, 1.54) is 26.2 Å². The van der Waals surface area contributed by atoms with Crippen molar-refractivity contribution in [2.24, 2.45) is 0 Å². The molecule has 1 atom stereocenters. The summed E-state index contributed by atoms with van der Waals surface area (Å²) in [7, 11) is 0. The van der Waals surface area contributed by atoms with Gasteiger partial charge in [-0.2, -0.15) is 0 Å². The number of carbonyl (C=O) groups is 4. The van der Waals surface area contributed by atoms with Gasteiger partial charge in [-0.05, 0) is 91.6 Å². The van der Waals surface area contributed by atoms with Crippen molar-refractivity contribution in [1.29, 1.82) is 0 Å². The van der Waals surface area contributed by atoms with Crippen LogP contribution in [0.4, 0.5) is 5.69 Å². The maximum atomic E-state index is 12.9. The molecule has 8 heteroatoms. The smallest absolute Gasteiger partial charge is 0.343 e. The summed E-state index contributed by atoms with van der Waals surface area (Å²) in [5.41, 5.74) is 3.04. The van der Waals surface area contributed by atoms with E-state index in [1.54, 1.807) is 72.8 Å². The van der Waals surface area contributed by atoms with Crippen molar-refractivity contribution in [2.75, 3.05) is 11.9 Å². The van der Waals surface area contributed by atoms with Gasteiger partial charge in [-0.1, -0.05) is 75.1 Å². The van der Waals surface area contributed by atoms with Gasteiger partial charge in [-0.25, -0.2) is 4.79 Å².